The highest BCUT2D eigenvalue weighted by atomic mass is 16.5. The van der Waals surface area contributed by atoms with Crippen LogP contribution in [-0.2, 0) is 14.3 Å². The van der Waals surface area contributed by atoms with E-state index in [0.717, 1.165) is 19.3 Å². The molecule has 0 spiro atoms. The first-order valence-electron chi connectivity index (χ1n) is 7.43. The van der Waals surface area contributed by atoms with Gasteiger partial charge >= 0.3 is 0 Å². The Morgan fingerprint density at radius 3 is 2.35 bits per heavy atom. The van der Waals surface area contributed by atoms with Crippen molar-refractivity contribution in [3.63, 3.8) is 0 Å². The molecule has 0 radical (unpaired) electrons. The molecule has 0 atom stereocenters. The molecule has 0 aromatic heterocycles. The molecule has 116 valence electrons. The molecule has 1 amide bonds. The van der Waals surface area contributed by atoms with Crippen molar-refractivity contribution in [3.8, 4) is 6.07 Å². The minimum Gasteiger partial charge on any atom is -0.382 e. The number of carbonyl (C=O) groups is 1. The van der Waals surface area contributed by atoms with E-state index in [1.165, 1.54) is 0 Å². The number of carbonyl (C=O) groups excluding carboxylic acids is 1. The van der Waals surface area contributed by atoms with Gasteiger partial charge in [0, 0.05) is 20.3 Å². The zero-order valence-corrected chi connectivity index (χ0v) is 13.0. The summed E-state index contributed by atoms with van der Waals surface area (Å²) in [6.07, 6.45) is 3.65. The van der Waals surface area contributed by atoms with Gasteiger partial charge in [0.15, 0.2) is 0 Å². The third-order valence-electron chi connectivity index (χ3n) is 3.19. The summed E-state index contributed by atoms with van der Waals surface area (Å²) < 4.78 is 10.2. The minimum atomic E-state index is -0.861. The largest absolute Gasteiger partial charge is 0.382 e. The van der Waals surface area contributed by atoms with E-state index < -0.39 is 5.41 Å². The van der Waals surface area contributed by atoms with E-state index >= 15 is 0 Å². The molecular weight excluding hydrogens is 256 g/mol. The van der Waals surface area contributed by atoms with Gasteiger partial charge in [0.1, 0.15) is 5.41 Å². The lowest BCUT2D eigenvalue weighted by Crippen LogP contribution is -2.40. The smallest absolute Gasteiger partial charge is 0.240 e. The summed E-state index contributed by atoms with van der Waals surface area (Å²) in [5, 5.41) is 12.2. The Bertz CT molecular complexity index is 294. The zero-order valence-electron chi connectivity index (χ0n) is 13.0. The second-order valence-electron chi connectivity index (χ2n) is 4.91. The molecule has 0 rings (SSSR count). The van der Waals surface area contributed by atoms with Crippen LogP contribution in [0.1, 0.15) is 46.0 Å². The standard InChI is InChI=1S/C15H28N2O3/c1-4-7-15(13-16,8-5-2)14(18)17-9-6-10-20-12-11-19-3/h4-12H2,1-3H3,(H,17,18). The molecule has 0 aromatic carbocycles. The van der Waals surface area contributed by atoms with Crippen LogP contribution in [0.15, 0.2) is 0 Å². The molecule has 5 nitrogen and oxygen atoms in total. The van der Waals surface area contributed by atoms with Crippen molar-refractivity contribution >= 4 is 5.91 Å². The number of hydrogen-bond donors (Lipinski definition) is 1. The summed E-state index contributed by atoms with van der Waals surface area (Å²) in [6.45, 7) is 6.28. The molecule has 1 N–H and O–H groups in total. The van der Waals surface area contributed by atoms with Crippen LogP contribution in [0.2, 0.25) is 0 Å². The minimum absolute atomic E-state index is 0.138. The highest BCUT2D eigenvalue weighted by molar-refractivity contribution is 5.85. The molecule has 0 aliphatic heterocycles. The average molecular weight is 284 g/mol. The van der Waals surface area contributed by atoms with Gasteiger partial charge < -0.3 is 14.8 Å². The second-order valence-corrected chi connectivity index (χ2v) is 4.91. The van der Waals surface area contributed by atoms with Crippen LogP contribution in [0.3, 0.4) is 0 Å². The maximum atomic E-state index is 12.2. The summed E-state index contributed by atoms with van der Waals surface area (Å²) >= 11 is 0. The molecule has 5 heteroatoms. The number of ether oxygens (including phenoxy) is 2. The molecule has 0 bridgehead atoms. The van der Waals surface area contributed by atoms with Gasteiger partial charge in [0.2, 0.25) is 5.91 Å². The van der Waals surface area contributed by atoms with Gasteiger partial charge in [-0.25, -0.2) is 0 Å². The van der Waals surface area contributed by atoms with Crippen molar-refractivity contribution in [2.24, 2.45) is 5.41 Å². The number of rotatable bonds is 12. The molecular formula is C15H28N2O3. The van der Waals surface area contributed by atoms with Crippen LogP contribution >= 0.6 is 0 Å². The van der Waals surface area contributed by atoms with Crippen molar-refractivity contribution in [3.05, 3.63) is 0 Å². The van der Waals surface area contributed by atoms with E-state index in [2.05, 4.69) is 11.4 Å². The van der Waals surface area contributed by atoms with Gasteiger partial charge in [-0.05, 0) is 19.3 Å². The Hall–Kier alpha value is -1.12. The normalized spacial score (nSPS) is 11.1. The van der Waals surface area contributed by atoms with Crippen molar-refractivity contribution < 1.29 is 14.3 Å². The Labute approximate surface area is 122 Å². The first-order chi connectivity index (χ1) is 9.66. The fraction of sp³-hybridized carbons (Fsp3) is 0.867. The Kier molecular flexibility index (Phi) is 11.0. The van der Waals surface area contributed by atoms with Gasteiger partial charge in [-0.3, -0.25) is 4.79 Å². The third kappa shape index (κ3) is 6.88. The van der Waals surface area contributed by atoms with Crippen molar-refractivity contribution in [1.29, 1.82) is 5.26 Å². The van der Waals surface area contributed by atoms with Gasteiger partial charge in [-0.1, -0.05) is 26.7 Å². The summed E-state index contributed by atoms with van der Waals surface area (Å²) in [6, 6.07) is 2.23. The predicted octanol–water partition coefficient (Wildman–Crippen LogP) is 2.27. The van der Waals surface area contributed by atoms with Crippen LogP contribution < -0.4 is 5.32 Å². The lowest BCUT2D eigenvalue weighted by Gasteiger charge is -2.24. The van der Waals surface area contributed by atoms with Crippen molar-refractivity contribution in [1.82, 2.24) is 5.32 Å². The van der Waals surface area contributed by atoms with E-state index in [0.29, 0.717) is 39.2 Å². The molecule has 0 aromatic rings. The van der Waals surface area contributed by atoms with Crippen LogP contribution in [0.5, 0.6) is 0 Å². The molecule has 0 saturated carbocycles. The number of nitriles is 1. The Balaban J connectivity index is 4.05. The topological polar surface area (TPSA) is 71.4 Å². The number of hydrogen-bond acceptors (Lipinski definition) is 4. The van der Waals surface area contributed by atoms with Gasteiger partial charge in [-0.15, -0.1) is 0 Å². The first kappa shape index (κ1) is 18.9. The maximum Gasteiger partial charge on any atom is 0.240 e. The molecule has 0 aliphatic rings. The van der Waals surface area contributed by atoms with Gasteiger partial charge in [-0.2, -0.15) is 5.26 Å². The monoisotopic (exact) mass is 284 g/mol. The molecule has 0 fully saturated rings. The summed E-state index contributed by atoms with van der Waals surface area (Å²) in [5.41, 5.74) is -0.861. The van der Waals surface area contributed by atoms with E-state index in [4.69, 9.17) is 9.47 Å². The fourth-order valence-corrected chi connectivity index (χ4v) is 2.16. The molecule has 0 heterocycles. The summed E-state index contributed by atoms with van der Waals surface area (Å²) in [7, 11) is 1.63. The van der Waals surface area contributed by atoms with Gasteiger partial charge in [0.05, 0.1) is 19.3 Å². The van der Waals surface area contributed by atoms with Crippen LogP contribution in [0.25, 0.3) is 0 Å². The number of nitrogens with one attached hydrogen (secondary N) is 1. The zero-order chi connectivity index (χ0) is 15.3. The number of amides is 1. The van der Waals surface area contributed by atoms with E-state index in [1.54, 1.807) is 7.11 Å². The summed E-state index contributed by atoms with van der Waals surface area (Å²) in [4.78, 5) is 12.2. The Morgan fingerprint density at radius 2 is 1.85 bits per heavy atom. The van der Waals surface area contributed by atoms with Crippen molar-refractivity contribution in [2.75, 3.05) is 33.5 Å². The fourth-order valence-electron chi connectivity index (χ4n) is 2.16. The van der Waals surface area contributed by atoms with Crippen LogP contribution in [0, 0.1) is 16.7 Å². The lowest BCUT2D eigenvalue weighted by atomic mass is 9.80. The first-order valence-corrected chi connectivity index (χ1v) is 7.43. The molecule has 0 saturated heterocycles. The average Bonchev–Trinajstić information content (AvgIpc) is 2.45. The van der Waals surface area contributed by atoms with Crippen LogP contribution in [-0.4, -0.2) is 39.4 Å². The van der Waals surface area contributed by atoms with E-state index in [1.807, 2.05) is 13.8 Å². The van der Waals surface area contributed by atoms with Gasteiger partial charge in [0.25, 0.3) is 0 Å². The quantitative estimate of drug-likeness (QED) is 0.558. The molecule has 0 unspecified atom stereocenters. The predicted molar refractivity (Wildman–Crippen MR) is 78.2 cm³/mol. The summed E-state index contributed by atoms with van der Waals surface area (Å²) in [5.74, 6) is -0.138. The number of methoxy groups -OCH3 is 1. The second kappa shape index (κ2) is 11.7. The van der Waals surface area contributed by atoms with E-state index in [9.17, 15) is 10.1 Å². The third-order valence-corrected chi connectivity index (χ3v) is 3.19. The van der Waals surface area contributed by atoms with Crippen molar-refractivity contribution in [2.45, 2.75) is 46.0 Å². The molecule has 20 heavy (non-hydrogen) atoms. The lowest BCUT2D eigenvalue weighted by molar-refractivity contribution is -0.129. The molecule has 0 aliphatic carbocycles. The number of nitrogens with zero attached hydrogens (tertiary/aromatic N) is 1. The Morgan fingerprint density at radius 1 is 1.20 bits per heavy atom. The van der Waals surface area contributed by atoms with E-state index in [-0.39, 0.29) is 5.91 Å². The highest BCUT2D eigenvalue weighted by Gasteiger charge is 2.36. The van der Waals surface area contributed by atoms with Crippen LogP contribution in [0.4, 0.5) is 0 Å². The maximum absolute atomic E-state index is 12.2. The highest BCUT2D eigenvalue weighted by Crippen LogP contribution is 2.29. The SMILES string of the molecule is CCCC(C#N)(CCC)C(=O)NCCCOCCOC.